The number of nitrogens with two attached hydrogens (primary N) is 2. The molecule has 204 valence electrons. The number of hydrogen-bond acceptors (Lipinski definition) is 6. The van der Waals surface area contributed by atoms with Crippen molar-refractivity contribution in [1.29, 1.82) is 0 Å². The third-order valence-electron chi connectivity index (χ3n) is 6.21. The van der Waals surface area contributed by atoms with Gasteiger partial charge in [0.25, 0.3) is 5.96 Å². The third kappa shape index (κ3) is 7.86. The second-order valence-electron chi connectivity index (χ2n) is 9.00. The lowest BCUT2D eigenvalue weighted by Gasteiger charge is -2.34. The highest BCUT2D eigenvalue weighted by Gasteiger charge is 2.35. The van der Waals surface area contributed by atoms with Crippen LogP contribution in [0, 0.1) is 17.0 Å². The zero-order valence-electron chi connectivity index (χ0n) is 21.6. The van der Waals surface area contributed by atoms with E-state index in [9.17, 15) is 24.8 Å². The van der Waals surface area contributed by atoms with Crippen LogP contribution in [-0.2, 0) is 16.1 Å². The van der Waals surface area contributed by atoms with Crippen LogP contribution < -0.4 is 16.8 Å². The van der Waals surface area contributed by atoms with Crippen molar-refractivity contribution in [1.82, 2.24) is 10.2 Å². The number of nitro groups is 1. The van der Waals surface area contributed by atoms with E-state index in [2.05, 4.69) is 10.4 Å². The first-order chi connectivity index (χ1) is 18.7. The molecule has 3 aromatic rings. The SMILES string of the molecule is Cc1cc(CN(C(=O)C(c2ccccc2)c2ccccc2)[C@@H](CCCN)C(=O)NC(N)=N[N+](=O)[O-])ccc1O. The fourth-order valence-corrected chi connectivity index (χ4v) is 4.35. The number of aryl methyl sites for hydroxylation is 1. The number of guanidine groups is 1. The molecular weight excluding hydrogens is 500 g/mol. The Hall–Kier alpha value is -4.77. The van der Waals surface area contributed by atoms with Crippen LogP contribution in [0.2, 0.25) is 0 Å². The van der Waals surface area contributed by atoms with Gasteiger partial charge in [0.2, 0.25) is 11.8 Å². The normalized spacial score (nSPS) is 12.1. The molecule has 0 aromatic heterocycles. The molecule has 0 radical (unpaired) electrons. The molecule has 2 amide bonds. The Bertz CT molecular complexity index is 1280. The second kappa shape index (κ2) is 13.7. The van der Waals surface area contributed by atoms with Gasteiger partial charge in [-0.15, -0.1) is 0 Å². The van der Waals surface area contributed by atoms with Crippen LogP contribution in [0.25, 0.3) is 0 Å². The van der Waals surface area contributed by atoms with Crippen LogP contribution >= 0.6 is 0 Å². The topological polar surface area (TPSA) is 177 Å². The molecule has 3 aromatic carbocycles. The molecule has 11 nitrogen and oxygen atoms in total. The fraction of sp³-hybridized carbons (Fsp3) is 0.250. The van der Waals surface area contributed by atoms with Crippen molar-refractivity contribution in [3.63, 3.8) is 0 Å². The molecule has 11 heteroatoms. The lowest BCUT2D eigenvalue weighted by Crippen LogP contribution is -2.53. The summed E-state index contributed by atoms with van der Waals surface area (Å²) in [7, 11) is 0. The van der Waals surface area contributed by atoms with Crippen molar-refractivity contribution in [2.24, 2.45) is 16.6 Å². The van der Waals surface area contributed by atoms with Gasteiger partial charge in [-0.25, -0.2) is 10.1 Å². The van der Waals surface area contributed by atoms with Crippen LogP contribution in [0.15, 0.2) is 84.0 Å². The molecule has 0 aliphatic carbocycles. The Labute approximate surface area is 226 Å². The summed E-state index contributed by atoms with van der Waals surface area (Å²) in [4.78, 5) is 40.1. The molecule has 0 aliphatic rings. The average molecular weight is 533 g/mol. The van der Waals surface area contributed by atoms with Gasteiger partial charge in [-0.3, -0.25) is 14.9 Å². The predicted molar refractivity (Wildman–Crippen MR) is 147 cm³/mol. The number of rotatable bonds is 11. The van der Waals surface area contributed by atoms with Gasteiger partial charge in [0, 0.05) is 6.54 Å². The van der Waals surface area contributed by atoms with E-state index in [1.54, 1.807) is 19.1 Å². The minimum Gasteiger partial charge on any atom is -0.508 e. The number of phenols is 1. The Morgan fingerprint density at radius 1 is 1.05 bits per heavy atom. The summed E-state index contributed by atoms with van der Waals surface area (Å²) in [5.41, 5.74) is 14.1. The number of hydrogen-bond donors (Lipinski definition) is 4. The summed E-state index contributed by atoms with van der Waals surface area (Å²) in [6, 6.07) is 22.2. The highest BCUT2D eigenvalue weighted by Crippen LogP contribution is 2.30. The Balaban J connectivity index is 2.12. The van der Waals surface area contributed by atoms with Crippen molar-refractivity contribution in [2.75, 3.05) is 6.54 Å². The van der Waals surface area contributed by atoms with Gasteiger partial charge in [-0.2, -0.15) is 0 Å². The number of benzene rings is 3. The second-order valence-corrected chi connectivity index (χ2v) is 9.00. The first kappa shape index (κ1) is 28.8. The first-order valence-corrected chi connectivity index (χ1v) is 12.4. The first-order valence-electron chi connectivity index (χ1n) is 12.4. The van der Waals surface area contributed by atoms with Gasteiger partial charge in [0.1, 0.15) is 16.9 Å². The lowest BCUT2D eigenvalue weighted by atomic mass is 9.89. The highest BCUT2D eigenvalue weighted by atomic mass is 16.7. The molecule has 0 saturated heterocycles. The lowest BCUT2D eigenvalue weighted by molar-refractivity contribution is -0.485. The molecule has 39 heavy (non-hydrogen) atoms. The van der Waals surface area contributed by atoms with E-state index in [0.29, 0.717) is 17.5 Å². The summed E-state index contributed by atoms with van der Waals surface area (Å²) < 4.78 is 0. The minimum absolute atomic E-state index is 0.0189. The van der Waals surface area contributed by atoms with E-state index in [1.165, 1.54) is 11.0 Å². The third-order valence-corrected chi connectivity index (χ3v) is 6.21. The van der Waals surface area contributed by atoms with Crippen LogP contribution in [0.5, 0.6) is 5.75 Å². The summed E-state index contributed by atoms with van der Waals surface area (Å²) in [5.74, 6) is -2.43. The van der Waals surface area contributed by atoms with Crippen LogP contribution in [0.4, 0.5) is 0 Å². The van der Waals surface area contributed by atoms with E-state index in [1.807, 2.05) is 60.7 Å². The van der Waals surface area contributed by atoms with Crippen molar-refractivity contribution in [3.8, 4) is 5.75 Å². The molecule has 0 aliphatic heterocycles. The number of hydrazone groups is 1. The summed E-state index contributed by atoms with van der Waals surface area (Å²) in [6.45, 7) is 2.00. The number of amides is 2. The van der Waals surface area contributed by atoms with E-state index in [0.717, 1.165) is 11.1 Å². The molecule has 1 atom stereocenters. The maximum atomic E-state index is 14.5. The quantitative estimate of drug-likeness (QED) is 0.127. The number of phenolic OH excluding ortho intramolecular Hbond substituents is 1. The maximum Gasteiger partial charge on any atom is 0.272 e. The van der Waals surface area contributed by atoms with Gasteiger partial charge >= 0.3 is 0 Å². The molecule has 0 bridgehead atoms. The number of aromatic hydroxyl groups is 1. The summed E-state index contributed by atoms with van der Waals surface area (Å²) in [6.07, 6.45) is 0.567. The van der Waals surface area contributed by atoms with E-state index in [-0.39, 0.29) is 31.2 Å². The van der Waals surface area contributed by atoms with Crippen LogP contribution in [0.1, 0.15) is 41.0 Å². The molecule has 0 spiro atoms. The zero-order valence-corrected chi connectivity index (χ0v) is 21.6. The van der Waals surface area contributed by atoms with Crippen molar-refractivity contribution in [2.45, 2.75) is 38.3 Å². The molecule has 6 N–H and O–H groups in total. The Morgan fingerprint density at radius 2 is 1.64 bits per heavy atom. The van der Waals surface area contributed by atoms with Gasteiger partial charge in [0.15, 0.2) is 5.03 Å². The van der Waals surface area contributed by atoms with Gasteiger partial charge in [-0.1, -0.05) is 72.8 Å². The van der Waals surface area contributed by atoms with Crippen LogP contribution in [-0.4, -0.2) is 45.4 Å². The molecule has 0 unspecified atom stereocenters. The zero-order chi connectivity index (χ0) is 28.4. The minimum atomic E-state index is -1.08. The number of nitrogens with zero attached hydrogens (tertiary/aromatic N) is 3. The molecule has 0 heterocycles. The highest BCUT2D eigenvalue weighted by molar-refractivity contribution is 6.00. The molecular formula is C28H32N6O5. The average Bonchev–Trinajstić information content (AvgIpc) is 2.91. The summed E-state index contributed by atoms with van der Waals surface area (Å²) in [5, 5.41) is 25.0. The van der Waals surface area contributed by atoms with Gasteiger partial charge < -0.3 is 21.5 Å². The molecule has 0 fully saturated rings. The standard InChI is InChI=1S/C28H32N6O5/c1-19-17-20(14-15-24(19)35)18-33(23(13-8-16-29)26(36)31-28(30)32-34(38)39)27(37)25(21-9-4-2-5-10-21)22-11-6-3-7-12-22/h2-7,9-12,14-15,17,23,25,35H,8,13,16,18,29H2,1H3,(H3,30,31,32,36)/t23-/m0/s1. The monoisotopic (exact) mass is 532 g/mol. The van der Waals surface area contributed by atoms with E-state index < -0.39 is 28.9 Å². The maximum absolute atomic E-state index is 14.5. The number of carbonyl (C=O) groups excluding carboxylic acids is 2. The van der Waals surface area contributed by atoms with Gasteiger partial charge in [0.05, 0.1) is 5.92 Å². The smallest absolute Gasteiger partial charge is 0.272 e. The molecule has 3 rings (SSSR count). The Kier molecular flexibility index (Phi) is 10.1. The van der Waals surface area contributed by atoms with Gasteiger partial charge in [-0.05, 0) is 54.6 Å². The largest absolute Gasteiger partial charge is 0.508 e. The van der Waals surface area contributed by atoms with E-state index in [4.69, 9.17) is 11.5 Å². The van der Waals surface area contributed by atoms with Crippen LogP contribution in [0.3, 0.4) is 0 Å². The summed E-state index contributed by atoms with van der Waals surface area (Å²) >= 11 is 0. The predicted octanol–water partition coefficient (Wildman–Crippen LogP) is 2.59. The fourth-order valence-electron chi connectivity index (χ4n) is 4.35. The van der Waals surface area contributed by atoms with Crippen molar-refractivity contribution < 1.29 is 19.7 Å². The van der Waals surface area contributed by atoms with Crippen molar-refractivity contribution >= 4 is 17.8 Å². The number of nitrogens with one attached hydrogen (secondary N) is 1. The van der Waals surface area contributed by atoms with E-state index >= 15 is 0 Å². The van der Waals surface area contributed by atoms with Crippen molar-refractivity contribution in [3.05, 3.63) is 111 Å². The Morgan fingerprint density at radius 3 is 2.15 bits per heavy atom. The number of carbonyl (C=O) groups is 2. The molecule has 0 saturated carbocycles.